The number of ether oxygens (including phenoxy) is 3. The molecule has 2 atom stereocenters. The maximum absolute atomic E-state index is 14.2. The highest BCUT2D eigenvalue weighted by Gasteiger charge is 2.34. The fourth-order valence-electron chi connectivity index (χ4n) is 4.53. The number of hydrogen-bond acceptors (Lipinski definition) is 7. The smallest absolute Gasteiger partial charge is 0.264 e. The fourth-order valence-corrected chi connectivity index (χ4v) is 5.96. The third-order valence-electron chi connectivity index (χ3n) is 7.24. The molecule has 44 heavy (non-hydrogen) atoms. The van der Waals surface area contributed by atoms with Crippen molar-refractivity contribution in [2.45, 2.75) is 57.1 Å². The number of halogens is 1. The minimum atomic E-state index is -4.40. The standard InChI is InChI=1S/C32H40FN3O7S/c1-7-22(3)34-32(38)28(8-2)35(20-23-9-15-26(41-4)16-10-23)31(37)21-36(25-13-11-24(33)12-14-25)44(39,40)27-17-18-29(42-5)30(19-27)43-6/h9-19,22,28H,7-8,20-21H2,1-6H3,(H,34,38)/t22-,28-/m0/s1. The molecule has 0 aliphatic rings. The summed E-state index contributed by atoms with van der Waals surface area (Å²) in [5.41, 5.74) is 0.779. The van der Waals surface area contributed by atoms with E-state index in [-0.39, 0.29) is 41.2 Å². The Morgan fingerprint density at radius 3 is 2.05 bits per heavy atom. The van der Waals surface area contributed by atoms with Gasteiger partial charge in [0.2, 0.25) is 11.8 Å². The van der Waals surface area contributed by atoms with Gasteiger partial charge in [-0.3, -0.25) is 13.9 Å². The quantitative estimate of drug-likeness (QED) is 0.258. The molecule has 3 aromatic carbocycles. The number of carbonyl (C=O) groups excluding carboxylic acids is 2. The Bertz CT molecular complexity index is 1520. The second kappa shape index (κ2) is 15.4. The van der Waals surface area contributed by atoms with Crippen LogP contribution in [0.25, 0.3) is 0 Å². The molecule has 3 rings (SSSR count). The number of sulfonamides is 1. The molecule has 0 fully saturated rings. The molecule has 0 aromatic heterocycles. The molecule has 0 aliphatic carbocycles. The van der Waals surface area contributed by atoms with Gasteiger partial charge < -0.3 is 24.4 Å². The van der Waals surface area contributed by atoms with E-state index in [0.29, 0.717) is 23.5 Å². The van der Waals surface area contributed by atoms with Crippen LogP contribution in [0.2, 0.25) is 0 Å². The monoisotopic (exact) mass is 629 g/mol. The Balaban J connectivity index is 2.09. The summed E-state index contributed by atoms with van der Waals surface area (Å²) in [5.74, 6) is -0.429. The highest BCUT2D eigenvalue weighted by Crippen LogP contribution is 2.32. The second-order valence-electron chi connectivity index (χ2n) is 10.1. The summed E-state index contributed by atoms with van der Waals surface area (Å²) >= 11 is 0. The third kappa shape index (κ3) is 8.19. The first kappa shape index (κ1) is 34.2. The summed E-state index contributed by atoms with van der Waals surface area (Å²) in [6, 6.07) is 14.9. The molecule has 2 amide bonds. The highest BCUT2D eigenvalue weighted by atomic mass is 32.2. The summed E-state index contributed by atoms with van der Waals surface area (Å²) < 4.78 is 58.8. The Labute approximate surface area is 258 Å². The summed E-state index contributed by atoms with van der Waals surface area (Å²) in [5, 5.41) is 2.94. The Hall–Kier alpha value is -4.32. The van der Waals surface area contributed by atoms with Gasteiger partial charge in [0.1, 0.15) is 24.2 Å². The number of benzene rings is 3. The minimum absolute atomic E-state index is 0.0307. The van der Waals surface area contributed by atoms with Gasteiger partial charge in [-0.1, -0.05) is 26.0 Å². The number of rotatable bonds is 15. The van der Waals surface area contributed by atoms with E-state index in [1.165, 1.54) is 49.5 Å². The average Bonchev–Trinajstić information content (AvgIpc) is 3.03. The second-order valence-corrected chi connectivity index (χ2v) is 12.0. The number of carbonyl (C=O) groups is 2. The van der Waals surface area contributed by atoms with Crippen molar-refractivity contribution in [1.29, 1.82) is 0 Å². The average molecular weight is 630 g/mol. The fraction of sp³-hybridized carbons (Fsp3) is 0.375. The predicted molar refractivity (Wildman–Crippen MR) is 166 cm³/mol. The molecule has 0 unspecified atom stereocenters. The molecule has 238 valence electrons. The minimum Gasteiger partial charge on any atom is -0.497 e. The number of nitrogens with one attached hydrogen (secondary N) is 1. The van der Waals surface area contributed by atoms with Gasteiger partial charge in [-0.2, -0.15) is 0 Å². The Morgan fingerprint density at radius 2 is 1.50 bits per heavy atom. The predicted octanol–water partition coefficient (Wildman–Crippen LogP) is 4.77. The maximum atomic E-state index is 14.2. The van der Waals surface area contributed by atoms with Crippen molar-refractivity contribution in [1.82, 2.24) is 10.2 Å². The summed E-state index contributed by atoms with van der Waals surface area (Å²) in [4.78, 5) is 28.8. The zero-order valence-corrected chi connectivity index (χ0v) is 26.7. The van der Waals surface area contributed by atoms with Crippen LogP contribution >= 0.6 is 0 Å². The van der Waals surface area contributed by atoms with Crippen LogP contribution in [-0.4, -0.2) is 65.1 Å². The van der Waals surface area contributed by atoms with Gasteiger partial charge in [0.05, 0.1) is 31.9 Å². The number of methoxy groups -OCH3 is 3. The molecular formula is C32H40FN3O7S. The largest absolute Gasteiger partial charge is 0.497 e. The van der Waals surface area contributed by atoms with Crippen molar-refractivity contribution in [3.05, 3.63) is 78.1 Å². The molecule has 0 saturated heterocycles. The van der Waals surface area contributed by atoms with Gasteiger partial charge in [0.15, 0.2) is 11.5 Å². The van der Waals surface area contributed by atoms with Gasteiger partial charge in [0, 0.05) is 18.7 Å². The van der Waals surface area contributed by atoms with Crippen molar-refractivity contribution >= 4 is 27.5 Å². The van der Waals surface area contributed by atoms with E-state index in [2.05, 4.69) is 5.32 Å². The summed E-state index contributed by atoms with van der Waals surface area (Å²) in [6.45, 7) is 4.96. The first-order chi connectivity index (χ1) is 21.0. The van der Waals surface area contributed by atoms with Gasteiger partial charge >= 0.3 is 0 Å². The molecule has 0 heterocycles. The van der Waals surface area contributed by atoms with Crippen molar-refractivity contribution in [3.8, 4) is 17.2 Å². The number of hydrogen-bond donors (Lipinski definition) is 1. The summed E-state index contributed by atoms with van der Waals surface area (Å²) in [7, 11) is -0.0562. The lowest BCUT2D eigenvalue weighted by Crippen LogP contribution is -2.53. The third-order valence-corrected chi connectivity index (χ3v) is 9.01. The van der Waals surface area contributed by atoms with E-state index >= 15 is 0 Å². The Kier molecular flexibility index (Phi) is 12.0. The van der Waals surface area contributed by atoms with Crippen LogP contribution in [0, 0.1) is 5.82 Å². The van der Waals surface area contributed by atoms with E-state index in [1.54, 1.807) is 38.3 Å². The molecule has 0 saturated carbocycles. The Morgan fingerprint density at radius 1 is 0.864 bits per heavy atom. The molecular weight excluding hydrogens is 589 g/mol. The number of amides is 2. The lowest BCUT2D eigenvalue weighted by atomic mass is 10.1. The van der Waals surface area contributed by atoms with Crippen LogP contribution < -0.4 is 23.8 Å². The zero-order valence-electron chi connectivity index (χ0n) is 25.9. The molecule has 0 aliphatic heterocycles. The van der Waals surface area contributed by atoms with Crippen LogP contribution in [0.5, 0.6) is 17.2 Å². The van der Waals surface area contributed by atoms with Gasteiger partial charge in [-0.25, -0.2) is 12.8 Å². The topological polar surface area (TPSA) is 114 Å². The van der Waals surface area contributed by atoms with Crippen LogP contribution in [0.15, 0.2) is 71.6 Å². The molecule has 12 heteroatoms. The van der Waals surface area contributed by atoms with Gasteiger partial charge in [0.25, 0.3) is 10.0 Å². The summed E-state index contributed by atoms with van der Waals surface area (Å²) in [6.07, 6.45) is 0.972. The van der Waals surface area contributed by atoms with E-state index in [9.17, 15) is 22.4 Å². The number of anilines is 1. The molecule has 0 radical (unpaired) electrons. The van der Waals surface area contributed by atoms with Crippen molar-refractivity contribution < 1.29 is 36.6 Å². The van der Waals surface area contributed by atoms with Crippen LogP contribution in [0.3, 0.4) is 0 Å². The van der Waals surface area contributed by atoms with E-state index < -0.39 is 34.3 Å². The van der Waals surface area contributed by atoms with Crippen molar-refractivity contribution in [2.24, 2.45) is 0 Å². The van der Waals surface area contributed by atoms with Crippen LogP contribution in [0.4, 0.5) is 10.1 Å². The van der Waals surface area contributed by atoms with Gasteiger partial charge in [-0.15, -0.1) is 0 Å². The van der Waals surface area contributed by atoms with Gasteiger partial charge in [-0.05, 0) is 73.9 Å². The van der Waals surface area contributed by atoms with E-state index in [0.717, 1.165) is 16.4 Å². The first-order valence-corrected chi connectivity index (χ1v) is 15.7. The van der Waals surface area contributed by atoms with Crippen LogP contribution in [0.1, 0.15) is 39.2 Å². The molecule has 0 bridgehead atoms. The van der Waals surface area contributed by atoms with E-state index in [1.807, 2.05) is 13.8 Å². The van der Waals surface area contributed by atoms with E-state index in [4.69, 9.17) is 14.2 Å². The first-order valence-electron chi connectivity index (χ1n) is 14.2. The van der Waals surface area contributed by atoms with Crippen molar-refractivity contribution in [3.63, 3.8) is 0 Å². The number of nitrogens with zero attached hydrogens (tertiary/aromatic N) is 2. The molecule has 10 nitrogen and oxygen atoms in total. The molecule has 3 aromatic rings. The normalized spacial score (nSPS) is 12.5. The van der Waals surface area contributed by atoms with Crippen molar-refractivity contribution in [2.75, 3.05) is 32.2 Å². The van der Waals surface area contributed by atoms with Crippen LogP contribution in [-0.2, 0) is 26.2 Å². The maximum Gasteiger partial charge on any atom is 0.264 e. The lowest BCUT2D eigenvalue weighted by Gasteiger charge is -2.33. The molecule has 0 spiro atoms. The zero-order chi connectivity index (χ0) is 32.4. The lowest BCUT2D eigenvalue weighted by molar-refractivity contribution is -0.140. The molecule has 1 N–H and O–H groups in total. The SMILES string of the molecule is CC[C@H](C)NC(=O)[C@H](CC)N(Cc1ccc(OC)cc1)C(=O)CN(c1ccc(F)cc1)S(=O)(=O)c1ccc(OC)c(OC)c1. The highest BCUT2D eigenvalue weighted by molar-refractivity contribution is 7.92.